The van der Waals surface area contributed by atoms with Crippen molar-refractivity contribution in [1.29, 1.82) is 0 Å². The van der Waals surface area contributed by atoms with Crippen LogP contribution in [0.25, 0.3) is 0 Å². The molecular weight excluding hydrogens is 264 g/mol. The van der Waals surface area contributed by atoms with E-state index in [0.717, 1.165) is 18.7 Å². The van der Waals surface area contributed by atoms with E-state index in [9.17, 15) is 14.9 Å². The van der Waals surface area contributed by atoms with Gasteiger partial charge in [0.25, 0.3) is 11.6 Å². The summed E-state index contributed by atoms with van der Waals surface area (Å²) in [5, 5.41) is 19.6. The van der Waals surface area contributed by atoms with Gasteiger partial charge in [-0.3, -0.25) is 14.9 Å². The van der Waals surface area contributed by atoms with Gasteiger partial charge in [-0.25, -0.2) is 4.98 Å². The molecule has 0 saturated carbocycles. The minimum atomic E-state index is -0.609. The van der Waals surface area contributed by atoms with E-state index in [2.05, 4.69) is 4.98 Å². The number of pyridine rings is 1. The minimum absolute atomic E-state index is 0.00814. The first-order chi connectivity index (χ1) is 9.52. The second kappa shape index (κ2) is 5.83. The van der Waals surface area contributed by atoms with Crippen LogP contribution >= 0.6 is 0 Å². The monoisotopic (exact) mass is 280 g/mol. The van der Waals surface area contributed by atoms with Gasteiger partial charge in [-0.15, -0.1) is 0 Å². The van der Waals surface area contributed by atoms with E-state index >= 15 is 0 Å². The van der Waals surface area contributed by atoms with Crippen LogP contribution in [0, 0.1) is 16.0 Å². The zero-order chi connectivity index (χ0) is 14.7. The number of amides is 1. The van der Waals surface area contributed by atoms with E-state index in [1.807, 2.05) is 0 Å². The Labute approximate surface area is 115 Å². The van der Waals surface area contributed by atoms with Gasteiger partial charge in [0.15, 0.2) is 0 Å². The number of aromatic nitrogens is 1. The predicted octanol–water partition coefficient (Wildman–Crippen LogP) is 0.416. The number of hydrogen-bond acceptors (Lipinski definition) is 6. The Morgan fingerprint density at radius 3 is 3.05 bits per heavy atom. The number of anilines is 1. The molecule has 0 aliphatic carbocycles. The van der Waals surface area contributed by atoms with Crippen molar-refractivity contribution >= 4 is 17.4 Å². The summed E-state index contributed by atoms with van der Waals surface area (Å²) < 4.78 is 0. The van der Waals surface area contributed by atoms with E-state index in [0.29, 0.717) is 19.5 Å². The summed E-state index contributed by atoms with van der Waals surface area (Å²) in [7, 11) is 0. The minimum Gasteiger partial charge on any atom is -0.396 e. The van der Waals surface area contributed by atoms with E-state index in [-0.39, 0.29) is 35.5 Å². The lowest BCUT2D eigenvalue weighted by Gasteiger charge is -2.17. The van der Waals surface area contributed by atoms with Crippen LogP contribution in [0.5, 0.6) is 0 Å². The summed E-state index contributed by atoms with van der Waals surface area (Å²) in [4.78, 5) is 27.7. The number of aliphatic hydroxyl groups excluding tert-OH is 1. The van der Waals surface area contributed by atoms with Crippen molar-refractivity contribution in [3.05, 3.63) is 27.9 Å². The van der Waals surface area contributed by atoms with E-state index < -0.39 is 4.92 Å². The molecule has 1 unspecified atom stereocenters. The van der Waals surface area contributed by atoms with Gasteiger partial charge in [-0.05, 0) is 18.8 Å². The second-order valence-electron chi connectivity index (χ2n) is 4.80. The quantitative estimate of drug-likeness (QED) is 0.608. The SMILES string of the molecule is Nc1ncc([N+](=O)[O-])cc1C(=O)N1CCC(CCO)C1. The third kappa shape index (κ3) is 2.85. The van der Waals surface area contributed by atoms with Gasteiger partial charge in [-0.2, -0.15) is 0 Å². The molecule has 1 atom stereocenters. The van der Waals surface area contributed by atoms with E-state index in [1.165, 1.54) is 0 Å². The Hall–Kier alpha value is -2.22. The smallest absolute Gasteiger partial charge is 0.288 e. The van der Waals surface area contributed by atoms with Crippen LogP contribution < -0.4 is 5.73 Å². The maximum absolute atomic E-state index is 12.3. The number of nitro groups is 1. The highest BCUT2D eigenvalue weighted by Crippen LogP contribution is 2.24. The van der Waals surface area contributed by atoms with Crippen LogP contribution in [-0.2, 0) is 0 Å². The normalized spacial score (nSPS) is 18.2. The van der Waals surface area contributed by atoms with Crippen LogP contribution in [0.3, 0.4) is 0 Å². The molecule has 0 spiro atoms. The first-order valence-corrected chi connectivity index (χ1v) is 6.33. The molecule has 0 aromatic carbocycles. The number of hydrogen-bond donors (Lipinski definition) is 2. The Morgan fingerprint density at radius 1 is 1.65 bits per heavy atom. The maximum atomic E-state index is 12.3. The van der Waals surface area contributed by atoms with Crippen molar-refractivity contribution in [2.24, 2.45) is 5.92 Å². The van der Waals surface area contributed by atoms with Gasteiger partial charge in [0.1, 0.15) is 12.0 Å². The number of rotatable bonds is 4. The fourth-order valence-electron chi connectivity index (χ4n) is 2.34. The zero-order valence-corrected chi connectivity index (χ0v) is 10.9. The van der Waals surface area contributed by atoms with E-state index in [1.54, 1.807) is 4.90 Å². The number of nitrogens with two attached hydrogens (primary N) is 1. The standard InChI is InChI=1S/C12H16N4O4/c13-11-10(5-9(6-14-11)16(19)20)12(18)15-3-1-8(7-15)2-4-17/h5-6,8,17H,1-4,7H2,(H2,13,14). The van der Waals surface area contributed by atoms with Crippen molar-refractivity contribution in [2.45, 2.75) is 12.8 Å². The fourth-order valence-corrected chi connectivity index (χ4v) is 2.34. The molecule has 1 aromatic rings. The average Bonchev–Trinajstić information content (AvgIpc) is 2.87. The zero-order valence-electron chi connectivity index (χ0n) is 10.9. The molecule has 1 aliphatic rings. The molecule has 20 heavy (non-hydrogen) atoms. The summed E-state index contributed by atoms with van der Waals surface area (Å²) in [6.07, 6.45) is 2.49. The number of likely N-dealkylation sites (tertiary alicyclic amines) is 1. The van der Waals surface area contributed by atoms with E-state index in [4.69, 9.17) is 10.8 Å². The molecular formula is C12H16N4O4. The molecule has 1 fully saturated rings. The second-order valence-corrected chi connectivity index (χ2v) is 4.80. The molecule has 1 saturated heterocycles. The lowest BCUT2D eigenvalue weighted by molar-refractivity contribution is -0.385. The number of nitrogens with zero attached hydrogens (tertiary/aromatic N) is 3. The highest BCUT2D eigenvalue weighted by atomic mass is 16.6. The lowest BCUT2D eigenvalue weighted by Crippen LogP contribution is -2.29. The number of nitrogen functional groups attached to an aromatic ring is 1. The molecule has 8 heteroatoms. The first-order valence-electron chi connectivity index (χ1n) is 6.33. The molecule has 108 valence electrons. The van der Waals surface area contributed by atoms with Gasteiger partial charge in [0.05, 0.1) is 10.5 Å². The van der Waals surface area contributed by atoms with Gasteiger partial charge in [-0.1, -0.05) is 0 Å². The molecule has 3 N–H and O–H groups in total. The molecule has 2 rings (SSSR count). The van der Waals surface area contributed by atoms with Crippen LogP contribution in [0.1, 0.15) is 23.2 Å². The van der Waals surface area contributed by atoms with Gasteiger partial charge in [0.2, 0.25) is 0 Å². The lowest BCUT2D eigenvalue weighted by atomic mass is 10.1. The van der Waals surface area contributed by atoms with Crippen LogP contribution in [-0.4, -0.2) is 45.5 Å². The van der Waals surface area contributed by atoms with Gasteiger partial charge < -0.3 is 15.7 Å². The topological polar surface area (TPSA) is 123 Å². The summed E-state index contributed by atoms with van der Waals surface area (Å²) >= 11 is 0. The Morgan fingerprint density at radius 2 is 2.40 bits per heavy atom. The fraction of sp³-hybridized carbons (Fsp3) is 0.500. The average molecular weight is 280 g/mol. The van der Waals surface area contributed by atoms with Crippen molar-refractivity contribution in [2.75, 3.05) is 25.4 Å². The molecule has 0 radical (unpaired) electrons. The Balaban J connectivity index is 2.17. The van der Waals surface area contributed by atoms with Crippen molar-refractivity contribution in [1.82, 2.24) is 9.88 Å². The van der Waals surface area contributed by atoms with Crippen LogP contribution in [0.4, 0.5) is 11.5 Å². The van der Waals surface area contributed by atoms with Crippen LogP contribution in [0.15, 0.2) is 12.3 Å². The molecule has 0 bridgehead atoms. The van der Waals surface area contributed by atoms with Gasteiger partial charge >= 0.3 is 0 Å². The van der Waals surface area contributed by atoms with Crippen molar-refractivity contribution in [3.63, 3.8) is 0 Å². The highest BCUT2D eigenvalue weighted by molar-refractivity contribution is 5.99. The largest absolute Gasteiger partial charge is 0.396 e. The molecule has 2 heterocycles. The molecule has 1 aromatic heterocycles. The van der Waals surface area contributed by atoms with Gasteiger partial charge in [0, 0.05) is 25.8 Å². The summed E-state index contributed by atoms with van der Waals surface area (Å²) in [6, 6.07) is 1.16. The number of aliphatic hydroxyl groups is 1. The van der Waals surface area contributed by atoms with Crippen molar-refractivity contribution < 1.29 is 14.8 Å². The summed E-state index contributed by atoms with van der Waals surface area (Å²) in [5.74, 6) is -0.0952. The Bertz CT molecular complexity index is 534. The molecule has 8 nitrogen and oxygen atoms in total. The number of carbonyl (C=O) groups is 1. The highest BCUT2D eigenvalue weighted by Gasteiger charge is 2.28. The maximum Gasteiger partial charge on any atom is 0.288 e. The first kappa shape index (κ1) is 14.2. The number of carbonyl (C=O) groups excluding carboxylic acids is 1. The third-order valence-corrected chi connectivity index (χ3v) is 3.46. The van der Waals surface area contributed by atoms with Crippen molar-refractivity contribution in [3.8, 4) is 0 Å². The van der Waals surface area contributed by atoms with Crippen LogP contribution in [0.2, 0.25) is 0 Å². The summed E-state index contributed by atoms with van der Waals surface area (Å²) in [6.45, 7) is 1.18. The predicted molar refractivity (Wildman–Crippen MR) is 71.0 cm³/mol. The molecule has 1 amide bonds. The third-order valence-electron chi connectivity index (χ3n) is 3.46. The molecule has 1 aliphatic heterocycles. The Kier molecular flexibility index (Phi) is 4.14. The summed E-state index contributed by atoms with van der Waals surface area (Å²) in [5.41, 5.74) is 5.43.